The van der Waals surface area contributed by atoms with Gasteiger partial charge in [0.1, 0.15) is 0 Å². The first kappa shape index (κ1) is 8.97. The van der Waals surface area contributed by atoms with Crippen molar-refractivity contribution in [2.75, 3.05) is 0 Å². The summed E-state index contributed by atoms with van der Waals surface area (Å²) < 4.78 is 1.10. The largest absolute Gasteiger partial charge is 0.318 e. The molecular formula is C8H10BrNS. The topological polar surface area (TPSA) is 26.0 Å². The number of nitrogens with two attached hydrogens (primary N) is 1. The Morgan fingerprint density at radius 1 is 1.73 bits per heavy atom. The number of hydrogen-bond acceptors (Lipinski definition) is 2. The fourth-order valence-corrected chi connectivity index (χ4v) is 2.15. The van der Waals surface area contributed by atoms with Crippen LogP contribution >= 0.6 is 27.3 Å². The van der Waals surface area contributed by atoms with E-state index in [9.17, 15) is 0 Å². The lowest BCUT2D eigenvalue weighted by molar-refractivity contribution is 0.646. The zero-order chi connectivity index (χ0) is 8.48. The van der Waals surface area contributed by atoms with Crippen molar-refractivity contribution in [3.63, 3.8) is 0 Å². The van der Waals surface area contributed by atoms with Crippen molar-refractivity contribution in [2.24, 2.45) is 5.73 Å². The summed E-state index contributed by atoms with van der Waals surface area (Å²) >= 11 is 5.02. The first-order chi connectivity index (χ1) is 5.06. The second kappa shape index (κ2) is 3.09. The van der Waals surface area contributed by atoms with Crippen molar-refractivity contribution in [3.05, 3.63) is 33.5 Å². The smallest absolute Gasteiger partial charge is 0.0702 e. The molecule has 60 valence electrons. The van der Waals surface area contributed by atoms with Crippen molar-refractivity contribution in [1.29, 1.82) is 0 Å². The SMILES string of the molecule is C=CC(C)(N)c1ccc(Br)s1. The van der Waals surface area contributed by atoms with Crippen LogP contribution in [0.1, 0.15) is 11.8 Å². The highest BCUT2D eigenvalue weighted by Gasteiger charge is 2.17. The highest BCUT2D eigenvalue weighted by Crippen LogP contribution is 2.29. The normalized spacial score (nSPS) is 15.9. The lowest BCUT2D eigenvalue weighted by Gasteiger charge is -2.16. The van der Waals surface area contributed by atoms with Crippen molar-refractivity contribution >= 4 is 27.3 Å². The molecule has 1 aromatic rings. The van der Waals surface area contributed by atoms with Crippen LogP contribution in [0.5, 0.6) is 0 Å². The third-order valence-electron chi connectivity index (χ3n) is 1.53. The van der Waals surface area contributed by atoms with Gasteiger partial charge in [-0.15, -0.1) is 17.9 Å². The molecule has 3 heteroatoms. The molecule has 0 fully saturated rings. The Bertz CT molecular complexity index is 265. The summed E-state index contributed by atoms with van der Waals surface area (Å²) in [6.07, 6.45) is 1.76. The number of hydrogen-bond donors (Lipinski definition) is 1. The van der Waals surface area contributed by atoms with Crippen LogP contribution in [-0.4, -0.2) is 0 Å². The van der Waals surface area contributed by atoms with E-state index < -0.39 is 5.54 Å². The number of halogens is 1. The predicted molar refractivity (Wildman–Crippen MR) is 53.8 cm³/mol. The zero-order valence-electron chi connectivity index (χ0n) is 6.30. The maximum Gasteiger partial charge on any atom is 0.0702 e. The van der Waals surface area contributed by atoms with Gasteiger partial charge in [-0.2, -0.15) is 0 Å². The fourth-order valence-electron chi connectivity index (χ4n) is 0.704. The van der Waals surface area contributed by atoms with E-state index in [0.29, 0.717) is 0 Å². The van der Waals surface area contributed by atoms with Crippen LogP contribution in [0.25, 0.3) is 0 Å². The van der Waals surface area contributed by atoms with Crippen molar-refractivity contribution < 1.29 is 0 Å². The summed E-state index contributed by atoms with van der Waals surface area (Å²) in [4.78, 5) is 1.12. The summed E-state index contributed by atoms with van der Waals surface area (Å²) in [7, 11) is 0. The first-order valence-electron chi connectivity index (χ1n) is 3.24. The number of thiophene rings is 1. The van der Waals surface area contributed by atoms with Crippen LogP contribution in [0.4, 0.5) is 0 Å². The standard InChI is InChI=1S/C8H10BrNS/c1-3-8(2,10)6-4-5-7(9)11-6/h3-5H,1,10H2,2H3. The highest BCUT2D eigenvalue weighted by molar-refractivity contribution is 9.11. The predicted octanol–water partition coefficient (Wildman–Crippen LogP) is 2.87. The Morgan fingerprint density at radius 3 is 2.73 bits per heavy atom. The minimum absolute atomic E-state index is 0.392. The zero-order valence-corrected chi connectivity index (χ0v) is 8.71. The van der Waals surface area contributed by atoms with Gasteiger partial charge in [0.2, 0.25) is 0 Å². The van der Waals surface area contributed by atoms with Crippen molar-refractivity contribution in [3.8, 4) is 0 Å². The molecule has 1 heterocycles. The summed E-state index contributed by atoms with van der Waals surface area (Å²) in [5, 5.41) is 0. The molecule has 0 aromatic carbocycles. The lowest BCUT2D eigenvalue weighted by atomic mass is 10.0. The van der Waals surface area contributed by atoms with Gasteiger partial charge in [-0.25, -0.2) is 0 Å². The van der Waals surface area contributed by atoms with E-state index in [1.807, 2.05) is 19.1 Å². The molecule has 1 rings (SSSR count). The molecule has 0 bridgehead atoms. The average Bonchev–Trinajstić information content (AvgIpc) is 2.36. The molecule has 0 spiro atoms. The molecule has 1 atom stereocenters. The van der Waals surface area contributed by atoms with Gasteiger partial charge in [0, 0.05) is 4.88 Å². The molecule has 1 unspecified atom stereocenters. The van der Waals surface area contributed by atoms with Crippen LogP contribution in [0.3, 0.4) is 0 Å². The highest BCUT2D eigenvalue weighted by atomic mass is 79.9. The molecule has 0 aliphatic rings. The molecule has 0 aliphatic carbocycles. The molecule has 0 saturated carbocycles. The van der Waals surface area contributed by atoms with Gasteiger partial charge in [0.05, 0.1) is 9.33 Å². The van der Waals surface area contributed by atoms with Gasteiger partial charge in [0.25, 0.3) is 0 Å². The molecule has 1 aromatic heterocycles. The minimum Gasteiger partial charge on any atom is -0.318 e. The van der Waals surface area contributed by atoms with Crippen molar-refractivity contribution in [1.82, 2.24) is 0 Å². The van der Waals surface area contributed by atoms with Crippen molar-refractivity contribution in [2.45, 2.75) is 12.5 Å². The van der Waals surface area contributed by atoms with Gasteiger partial charge >= 0.3 is 0 Å². The molecule has 1 nitrogen and oxygen atoms in total. The van der Waals surface area contributed by atoms with Crippen LogP contribution in [-0.2, 0) is 5.54 Å². The van der Waals surface area contributed by atoms with E-state index in [2.05, 4.69) is 22.5 Å². The quantitative estimate of drug-likeness (QED) is 0.779. The van der Waals surface area contributed by atoms with Crippen LogP contribution in [0.2, 0.25) is 0 Å². The average molecular weight is 232 g/mol. The Balaban J connectivity index is 3.01. The van der Waals surface area contributed by atoms with E-state index in [-0.39, 0.29) is 0 Å². The van der Waals surface area contributed by atoms with E-state index in [1.165, 1.54) is 0 Å². The molecule has 0 saturated heterocycles. The summed E-state index contributed by atoms with van der Waals surface area (Å²) in [6.45, 7) is 5.63. The molecule has 0 amide bonds. The summed E-state index contributed by atoms with van der Waals surface area (Å²) in [5.74, 6) is 0. The molecule has 0 radical (unpaired) electrons. The van der Waals surface area contributed by atoms with Gasteiger partial charge in [-0.05, 0) is 35.0 Å². The Hall–Kier alpha value is -0.120. The third-order valence-corrected chi connectivity index (χ3v) is 3.41. The molecule has 2 N–H and O–H groups in total. The third kappa shape index (κ3) is 1.92. The second-order valence-corrected chi connectivity index (χ2v) is 5.05. The van der Waals surface area contributed by atoms with E-state index in [1.54, 1.807) is 17.4 Å². The van der Waals surface area contributed by atoms with Crippen LogP contribution in [0.15, 0.2) is 28.6 Å². The lowest BCUT2D eigenvalue weighted by Crippen LogP contribution is -2.28. The Labute approximate surface area is 79.0 Å². The maximum atomic E-state index is 5.92. The summed E-state index contributed by atoms with van der Waals surface area (Å²) in [6, 6.07) is 4.00. The van der Waals surface area contributed by atoms with Gasteiger partial charge in [-0.1, -0.05) is 6.08 Å². The van der Waals surface area contributed by atoms with E-state index >= 15 is 0 Å². The minimum atomic E-state index is -0.392. The fraction of sp³-hybridized carbons (Fsp3) is 0.250. The summed E-state index contributed by atoms with van der Waals surface area (Å²) in [5.41, 5.74) is 5.53. The monoisotopic (exact) mass is 231 g/mol. The van der Waals surface area contributed by atoms with Gasteiger partial charge in [0.15, 0.2) is 0 Å². The Kier molecular flexibility index (Phi) is 2.52. The number of rotatable bonds is 2. The Morgan fingerprint density at radius 2 is 2.36 bits per heavy atom. The van der Waals surface area contributed by atoms with Gasteiger partial charge < -0.3 is 5.73 Å². The maximum absolute atomic E-state index is 5.92. The molecule has 11 heavy (non-hydrogen) atoms. The van der Waals surface area contributed by atoms with E-state index in [0.717, 1.165) is 8.66 Å². The van der Waals surface area contributed by atoms with Gasteiger partial charge in [-0.3, -0.25) is 0 Å². The van der Waals surface area contributed by atoms with E-state index in [4.69, 9.17) is 5.73 Å². The second-order valence-electron chi connectivity index (χ2n) is 2.59. The van der Waals surface area contributed by atoms with Crippen LogP contribution in [0, 0.1) is 0 Å². The molecular weight excluding hydrogens is 222 g/mol. The first-order valence-corrected chi connectivity index (χ1v) is 4.85. The molecule has 0 aliphatic heterocycles. The van der Waals surface area contributed by atoms with Crippen LogP contribution < -0.4 is 5.73 Å².